The van der Waals surface area contributed by atoms with Crippen molar-refractivity contribution >= 4 is 11.6 Å². The van der Waals surface area contributed by atoms with Crippen molar-refractivity contribution in [3.63, 3.8) is 0 Å². The Balaban J connectivity index is 1.30. The van der Waals surface area contributed by atoms with E-state index in [1.54, 1.807) is 6.07 Å². The first-order valence-corrected chi connectivity index (χ1v) is 11.5. The molecule has 0 bridgehead atoms. The summed E-state index contributed by atoms with van der Waals surface area (Å²) in [7, 11) is 0. The van der Waals surface area contributed by atoms with Crippen molar-refractivity contribution in [3.8, 4) is 0 Å². The normalized spacial score (nSPS) is 23.6. The van der Waals surface area contributed by atoms with Crippen LogP contribution in [-0.4, -0.2) is 61.0 Å². The zero-order chi connectivity index (χ0) is 21.8. The quantitative estimate of drug-likeness (QED) is 0.641. The summed E-state index contributed by atoms with van der Waals surface area (Å²) in [6.07, 6.45) is 5.17. The van der Waals surface area contributed by atoms with Crippen LogP contribution in [0.15, 0.2) is 35.9 Å². The van der Waals surface area contributed by atoms with E-state index in [-0.39, 0.29) is 5.91 Å². The SMILES string of the molecule is O=C(CC1=CCCCC1)N1CCC[C@@H](N2CCN(c3cccc(C(F)(F)F)c3)CC2)C1. The third-order valence-corrected chi connectivity index (χ3v) is 6.88. The van der Waals surface area contributed by atoms with E-state index in [4.69, 9.17) is 0 Å². The average Bonchev–Trinajstić information content (AvgIpc) is 2.79. The molecule has 7 heteroatoms. The summed E-state index contributed by atoms with van der Waals surface area (Å²) < 4.78 is 39.1. The van der Waals surface area contributed by atoms with Crippen LogP contribution in [0, 0.1) is 0 Å². The van der Waals surface area contributed by atoms with Gasteiger partial charge in [0, 0.05) is 57.4 Å². The maximum absolute atomic E-state index is 13.0. The van der Waals surface area contributed by atoms with Crippen LogP contribution < -0.4 is 4.90 Å². The molecule has 0 N–H and O–H groups in total. The highest BCUT2D eigenvalue weighted by Gasteiger charge is 2.32. The Kier molecular flexibility index (Phi) is 6.89. The topological polar surface area (TPSA) is 26.8 Å². The van der Waals surface area contributed by atoms with Crippen LogP contribution in [0.5, 0.6) is 0 Å². The predicted molar refractivity (Wildman–Crippen MR) is 116 cm³/mol. The number of piperazine rings is 1. The first-order chi connectivity index (χ1) is 14.9. The van der Waals surface area contributed by atoms with Crippen molar-refractivity contribution in [2.45, 2.75) is 57.2 Å². The number of carbonyl (C=O) groups excluding carboxylic acids is 1. The van der Waals surface area contributed by atoms with Gasteiger partial charge in [-0.15, -0.1) is 0 Å². The molecule has 1 aromatic carbocycles. The summed E-state index contributed by atoms with van der Waals surface area (Å²) in [5, 5.41) is 0. The lowest BCUT2D eigenvalue weighted by atomic mass is 9.96. The summed E-state index contributed by atoms with van der Waals surface area (Å²) in [5.74, 6) is 0.250. The lowest BCUT2D eigenvalue weighted by molar-refractivity contribution is -0.137. The number of amides is 1. The Labute approximate surface area is 182 Å². The summed E-state index contributed by atoms with van der Waals surface area (Å²) in [4.78, 5) is 19.3. The second-order valence-corrected chi connectivity index (χ2v) is 8.99. The van der Waals surface area contributed by atoms with Gasteiger partial charge in [0.2, 0.25) is 5.91 Å². The first kappa shape index (κ1) is 22.2. The highest BCUT2D eigenvalue weighted by molar-refractivity contribution is 5.79. The Hall–Kier alpha value is -2.02. The number of carbonyl (C=O) groups is 1. The lowest BCUT2D eigenvalue weighted by Crippen LogP contribution is -2.55. The van der Waals surface area contributed by atoms with Gasteiger partial charge in [-0.05, 0) is 56.7 Å². The van der Waals surface area contributed by atoms with E-state index in [0.717, 1.165) is 57.9 Å². The van der Waals surface area contributed by atoms with E-state index in [2.05, 4.69) is 11.0 Å². The molecule has 2 saturated heterocycles. The Bertz CT molecular complexity index is 800. The fraction of sp³-hybridized carbons (Fsp3) is 0.625. The van der Waals surface area contributed by atoms with Gasteiger partial charge in [-0.2, -0.15) is 13.2 Å². The number of hydrogen-bond acceptors (Lipinski definition) is 3. The summed E-state index contributed by atoms with van der Waals surface area (Å²) in [5.41, 5.74) is 1.34. The molecule has 3 aliphatic rings. The molecule has 0 radical (unpaired) electrons. The number of piperidine rings is 1. The fourth-order valence-corrected chi connectivity index (χ4v) is 5.07. The van der Waals surface area contributed by atoms with Gasteiger partial charge >= 0.3 is 6.18 Å². The van der Waals surface area contributed by atoms with Crippen LogP contribution >= 0.6 is 0 Å². The number of anilines is 1. The molecule has 0 aromatic heterocycles. The molecule has 1 aliphatic carbocycles. The number of alkyl halides is 3. The van der Waals surface area contributed by atoms with Crippen LogP contribution in [0.3, 0.4) is 0 Å². The van der Waals surface area contributed by atoms with Gasteiger partial charge in [0.25, 0.3) is 0 Å². The van der Waals surface area contributed by atoms with Crippen molar-refractivity contribution in [1.29, 1.82) is 0 Å². The number of halogens is 3. The average molecular weight is 436 g/mol. The van der Waals surface area contributed by atoms with Crippen molar-refractivity contribution in [1.82, 2.24) is 9.80 Å². The van der Waals surface area contributed by atoms with Crippen molar-refractivity contribution < 1.29 is 18.0 Å². The third-order valence-electron chi connectivity index (χ3n) is 6.88. The molecule has 4 rings (SSSR count). The first-order valence-electron chi connectivity index (χ1n) is 11.5. The predicted octanol–water partition coefficient (Wildman–Crippen LogP) is 4.71. The number of hydrogen-bond donors (Lipinski definition) is 0. The van der Waals surface area contributed by atoms with Crippen LogP contribution in [0.1, 0.15) is 50.5 Å². The molecule has 1 aromatic rings. The minimum absolute atomic E-state index is 0.250. The maximum atomic E-state index is 13.0. The van der Waals surface area contributed by atoms with Gasteiger partial charge in [0.05, 0.1) is 5.56 Å². The summed E-state index contributed by atoms with van der Waals surface area (Å²) >= 11 is 0. The molecule has 2 fully saturated rings. The second-order valence-electron chi connectivity index (χ2n) is 8.99. The molecule has 1 amide bonds. The van der Waals surface area contributed by atoms with Crippen LogP contribution in [0.2, 0.25) is 0 Å². The third kappa shape index (κ3) is 5.62. The number of likely N-dealkylation sites (tertiary alicyclic amines) is 1. The molecule has 170 valence electrons. The van der Waals surface area contributed by atoms with E-state index in [9.17, 15) is 18.0 Å². The zero-order valence-electron chi connectivity index (χ0n) is 18.0. The minimum atomic E-state index is -4.32. The smallest absolute Gasteiger partial charge is 0.369 e. The van der Waals surface area contributed by atoms with Crippen molar-refractivity contribution in [2.24, 2.45) is 0 Å². The summed E-state index contributed by atoms with van der Waals surface area (Å²) in [6, 6.07) is 5.96. The zero-order valence-corrected chi connectivity index (χ0v) is 18.0. The number of rotatable bonds is 4. The molecule has 0 spiro atoms. The Morgan fingerprint density at radius 1 is 1.03 bits per heavy atom. The van der Waals surface area contributed by atoms with E-state index in [1.807, 2.05) is 9.80 Å². The highest BCUT2D eigenvalue weighted by Crippen LogP contribution is 2.32. The highest BCUT2D eigenvalue weighted by atomic mass is 19.4. The second kappa shape index (κ2) is 9.63. The number of nitrogens with zero attached hydrogens (tertiary/aromatic N) is 3. The largest absolute Gasteiger partial charge is 0.416 e. The van der Waals surface area contributed by atoms with Gasteiger partial charge in [-0.1, -0.05) is 17.7 Å². The molecule has 0 unspecified atom stereocenters. The van der Waals surface area contributed by atoms with Crippen LogP contribution in [-0.2, 0) is 11.0 Å². The van der Waals surface area contributed by atoms with E-state index < -0.39 is 11.7 Å². The molecule has 2 heterocycles. The molecule has 4 nitrogen and oxygen atoms in total. The lowest BCUT2D eigenvalue weighted by Gasteiger charge is -2.44. The number of benzene rings is 1. The van der Waals surface area contributed by atoms with Crippen LogP contribution in [0.25, 0.3) is 0 Å². The molecule has 2 aliphatic heterocycles. The van der Waals surface area contributed by atoms with Crippen molar-refractivity contribution in [2.75, 3.05) is 44.2 Å². The van der Waals surface area contributed by atoms with Gasteiger partial charge in [0.1, 0.15) is 0 Å². The molecular formula is C24H32F3N3O. The minimum Gasteiger partial charge on any atom is -0.369 e. The fourth-order valence-electron chi connectivity index (χ4n) is 5.07. The van der Waals surface area contributed by atoms with Gasteiger partial charge in [0.15, 0.2) is 0 Å². The Morgan fingerprint density at radius 3 is 2.55 bits per heavy atom. The molecule has 31 heavy (non-hydrogen) atoms. The van der Waals surface area contributed by atoms with Crippen LogP contribution in [0.4, 0.5) is 18.9 Å². The van der Waals surface area contributed by atoms with Gasteiger partial charge in [-0.3, -0.25) is 9.69 Å². The monoisotopic (exact) mass is 435 g/mol. The van der Waals surface area contributed by atoms with E-state index in [1.165, 1.54) is 30.5 Å². The standard InChI is InChI=1S/C24H32F3N3O/c25-24(26,27)20-8-4-9-21(17-20)28-12-14-29(15-13-28)22-10-5-11-30(18-22)23(31)16-19-6-2-1-3-7-19/h4,6,8-9,17,22H,1-3,5,7,10-16,18H2/t22-/m1/s1. The molecule has 1 atom stereocenters. The van der Waals surface area contributed by atoms with Gasteiger partial charge in [-0.25, -0.2) is 0 Å². The molecular weight excluding hydrogens is 403 g/mol. The number of allylic oxidation sites excluding steroid dienone is 1. The molecule has 0 saturated carbocycles. The van der Waals surface area contributed by atoms with Gasteiger partial charge < -0.3 is 9.80 Å². The van der Waals surface area contributed by atoms with E-state index in [0.29, 0.717) is 31.2 Å². The Morgan fingerprint density at radius 2 is 1.84 bits per heavy atom. The summed E-state index contributed by atoms with van der Waals surface area (Å²) in [6.45, 7) is 4.65. The van der Waals surface area contributed by atoms with E-state index >= 15 is 0 Å². The maximum Gasteiger partial charge on any atom is 0.416 e. The van der Waals surface area contributed by atoms with Crippen molar-refractivity contribution in [3.05, 3.63) is 41.5 Å².